The molecule has 1 aromatic heterocycles. The molecule has 2 aromatic rings. The van der Waals surface area contributed by atoms with Gasteiger partial charge < -0.3 is 15.0 Å². The molecular formula is C14H16N4O2S. The third kappa shape index (κ3) is 1.97. The van der Waals surface area contributed by atoms with Crippen molar-refractivity contribution >= 4 is 28.2 Å². The van der Waals surface area contributed by atoms with Gasteiger partial charge in [-0.2, -0.15) is 0 Å². The number of aromatic nitrogens is 1. The van der Waals surface area contributed by atoms with Crippen molar-refractivity contribution in [3.63, 3.8) is 0 Å². The smallest absolute Gasteiger partial charge is 0.261 e. The Morgan fingerprint density at radius 3 is 2.71 bits per heavy atom. The Labute approximate surface area is 126 Å². The van der Waals surface area contributed by atoms with Crippen LogP contribution in [0.2, 0.25) is 0 Å². The Bertz CT molecular complexity index is 801. The maximum absolute atomic E-state index is 12.8. The Hall–Kier alpha value is -2.12. The highest BCUT2D eigenvalue weighted by atomic mass is 32.1. The lowest BCUT2D eigenvalue weighted by atomic mass is 10.00. The number of benzene rings is 1. The number of nitrogens with zero attached hydrogens (tertiary/aromatic N) is 1. The van der Waals surface area contributed by atoms with Crippen LogP contribution in [-0.2, 0) is 12.2 Å². The molecule has 0 amide bonds. The first-order valence-electron chi connectivity index (χ1n) is 6.68. The SMILES string of the molecule is CCn1c(=O)c([C@]2(C)NNC(=S)N2)c(O)c2ccccc21. The zero-order valence-corrected chi connectivity index (χ0v) is 12.5. The molecule has 7 heteroatoms. The Kier molecular flexibility index (Phi) is 3.11. The van der Waals surface area contributed by atoms with E-state index >= 15 is 0 Å². The van der Waals surface area contributed by atoms with Gasteiger partial charge in [-0.15, -0.1) is 0 Å². The van der Waals surface area contributed by atoms with Crippen LogP contribution >= 0.6 is 12.2 Å². The van der Waals surface area contributed by atoms with E-state index in [1.807, 2.05) is 25.1 Å². The summed E-state index contributed by atoms with van der Waals surface area (Å²) in [4.78, 5) is 12.8. The molecule has 6 nitrogen and oxygen atoms in total. The van der Waals surface area contributed by atoms with E-state index in [1.54, 1.807) is 17.6 Å². The van der Waals surface area contributed by atoms with Gasteiger partial charge in [0, 0.05) is 11.9 Å². The minimum atomic E-state index is -0.959. The van der Waals surface area contributed by atoms with Crippen molar-refractivity contribution in [3.8, 4) is 5.75 Å². The molecule has 0 bridgehead atoms. The Balaban J connectivity index is 2.38. The highest BCUT2D eigenvalue weighted by Crippen LogP contribution is 2.32. The normalized spacial score (nSPS) is 21.3. The fourth-order valence-corrected chi connectivity index (χ4v) is 3.01. The summed E-state index contributed by atoms with van der Waals surface area (Å²) < 4.78 is 1.64. The Morgan fingerprint density at radius 1 is 1.38 bits per heavy atom. The van der Waals surface area contributed by atoms with Gasteiger partial charge in [0.2, 0.25) is 0 Å². The molecule has 0 saturated carbocycles. The summed E-state index contributed by atoms with van der Waals surface area (Å²) >= 11 is 5.04. The summed E-state index contributed by atoms with van der Waals surface area (Å²) in [6.45, 7) is 4.17. The van der Waals surface area contributed by atoms with Crippen molar-refractivity contribution in [1.82, 2.24) is 20.7 Å². The maximum Gasteiger partial charge on any atom is 0.261 e. The molecule has 0 spiro atoms. The number of thiocarbonyl (C=S) groups is 1. The van der Waals surface area contributed by atoms with E-state index in [0.29, 0.717) is 22.6 Å². The standard InChI is InChI=1S/C14H16N4O2S/c1-3-18-9-7-5-4-6-8(9)11(19)10(12(18)20)14(2)15-13(21)16-17-14/h4-7,17,19H,3H2,1-2H3,(H2,15,16,21)/t14-/m0/s1. The van der Waals surface area contributed by atoms with E-state index in [2.05, 4.69) is 16.2 Å². The summed E-state index contributed by atoms with van der Waals surface area (Å²) in [5.74, 6) is -0.0331. The molecule has 0 radical (unpaired) electrons. The number of pyridine rings is 1. The lowest BCUT2D eigenvalue weighted by molar-refractivity contribution is 0.345. The van der Waals surface area contributed by atoms with Gasteiger partial charge in [0.25, 0.3) is 5.56 Å². The summed E-state index contributed by atoms with van der Waals surface area (Å²) in [5.41, 5.74) is 5.43. The maximum atomic E-state index is 12.8. The van der Waals surface area contributed by atoms with Gasteiger partial charge in [0.1, 0.15) is 17.0 Å². The number of aromatic hydroxyl groups is 1. The highest BCUT2D eigenvalue weighted by Gasteiger charge is 2.38. The lowest BCUT2D eigenvalue weighted by Crippen LogP contribution is -2.49. The van der Waals surface area contributed by atoms with Gasteiger partial charge in [-0.25, -0.2) is 5.43 Å². The number of hydrogen-bond donors (Lipinski definition) is 4. The van der Waals surface area contributed by atoms with Crippen LogP contribution < -0.4 is 21.7 Å². The fourth-order valence-electron chi connectivity index (χ4n) is 2.75. The van der Waals surface area contributed by atoms with Crippen LogP contribution in [0.1, 0.15) is 19.4 Å². The molecule has 21 heavy (non-hydrogen) atoms. The van der Waals surface area contributed by atoms with Gasteiger partial charge in [0.15, 0.2) is 5.11 Å². The van der Waals surface area contributed by atoms with E-state index in [-0.39, 0.29) is 16.9 Å². The van der Waals surface area contributed by atoms with Gasteiger partial charge in [0.05, 0.1) is 5.52 Å². The number of rotatable bonds is 2. The quantitative estimate of drug-likeness (QED) is 0.617. The molecule has 0 unspecified atom stereocenters. The van der Waals surface area contributed by atoms with Crippen LogP contribution in [0.3, 0.4) is 0 Å². The molecule has 2 heterocycles. The van der Waals surface area contributed by atoms with Crippen molar-refractivity contribution in [2.45, 2.75) is 26.1 Å². The van der Waals surface area contributed by atoms with E-state index in [4.69, 9.17) is 12.2 Å². The number of hydrogen-bond acceptors (Lipinski definition) is 4. The third-order valence-electron chi connectivity index (χ3n) is 3.75. The van der Waals surface area contributed by atoms with Crippen LogP contribution in [-0.4, -0.2) is 14.8 Å². The first kappa shape index (κ1) is 13.8. The average Bonchev–Trinajstić information content (AvgIpc) is 2.80. The molecule has 3 rings (SSSR count). The molecule has 110 valence electrons. The zero-order chi connectivity index (χ0) is 15.2. The third-order valence-corrected chi connectivity index (χ3v) is 3.96. The number of fused-ring (bicyclic) bond motifs is 1. The molecule has 0 aliphatic carbocycles. The monoisotopic (exact) mass is 304 g/mol. The van der Waals surface area contributed by atoms with Crippen molar-refractivity contribution in [3.05, 3.63) is 40.2 Å². The van der Waals surface area contributed by atoms with Gasteiger partial charge >= 0.3 is 0 Å². The largest absolute Gasteiger partial charge is 0.507 e. The fraction of sp³-hybridized carbons (Fsp3) is 0.286. The first-order chi connectivity index (χ1) is 9.98. The molecule has 1 saturated heterocycles. The topological polar surface area (TPSA) is 78.3 Å². The molecule has 1 aliphatic heterocycles. The molecule has 1 aromatic carbocycles. The molecule has 1 fully saturated rings. The average molecular weight is 304 g/mol. The van der Waals surface area contributed by atoms with Crippen molar-refractivity contribution in [1.29, 1.82) is 0 Å². The van der Waals surface area contributed by atoms with Crippen molar-refractivity contribution in [2.75, 3.05) is 0 Å². The van der Waals surface area contributed by atoms with E-state index in [1.165, 1.54) is 0 Å². The highest BCUT2D eigenvalue weighted by molar-refractivity contribution is 7.80. The minimum absolute atomic E-state index is 0.0331. The summed E-state index contributed by atoms with van der Waals surface area (Å²) in [7, 11) is 0. The van der Waals surface area contributed by atoms with Crippen molar-refractivity contribution in [2.24, 2.45) is 0 Å². The first-order valence-corrected chi connectivity index (χ1v) is 7.09. The number of nitrogens with one attached hydrogen (secondary N) is 3. The minimum Gasteiger partial charge on any atom is -0.507 e. The second-order valence-corrected chi connectivity index (χ2v) is 5.53. The second-order valence-electron chi connectivity index (χ2n) is 5.12. The zero-order valence-electron chi connectivity index (χ0n) is 11.7. The summed E-state index contributed by atoms with van der Waals surface area (Å²) in [6, 6.07) is 7.29. The van der Waals surface area contributed by atoms with Crippen LogP contribution in [0.4, 0.5) is 0 Å². The number of hydrazine groups is 1. The van der Waals surface area contributed by atoms with E-state index < -0.39 is 5.66 Å². The summed E-state index contributed by atoms with van der Waals surface area (Å²) in [5, 5.41) is 14.6. The lowest BCUT2D eigenvalue weighted by Gasteiger charge is -2.26. The molecule has 1 aliphatic rings. The predicted molar refractivity (Wildman–Crippen MR) is 84.9 cm³/mol. The Morgan fingerprint density at radius 2 is 2.10 bits per heavy atom. The van der Waals surface area contributed by atoms with Gasteiger partial charge in [-0.05, 0) is 38.2 Å². The molecule has 4 N–H and O–H groups in total. The second kappa shape index (κ2) is 4.71. The van der Waals surface area contributed by atoms with Gasteiger partial charge in [-0.1, -0.05) is 12.1 Å². The van der Waals surface area contributed by atoms with E-state index in [0.717, 1.165) is 0 Å². The molecule has 1 atom stereocenters. The summed E-state index contributed by atoms with van der Waals surface area (Å²) in [6.07, 6.45) is 0. The van der Waals surface area contributed by atoms with Crippen LogP contribution in [0.25, 0.3) is 10.9 Å². The number of para-hydroxylation sites is 1. The van der Waals surface area contributed by atoms with E-state index in [9.17, 15) is 9.90 Å². The predicted octanol–water partition coefficient (Wildman–Crippen LogP) is 0.882. The van der Waals surface area contributed by atoms with Crippen molar-refractivity contribution < 1.29 is 5.11 Å². The van der Waals surface area contributed by atoms with Crippen LogP contribution in [0, 0.1) is 0 Å². The van der Waals surface area contributed by atoms with Crippen LogP contribution in [0.5, 0.6) is 5.75 Å². The van der Waals surface area contributed by atoms with Gasteiger partial charge in [-0.3, -0.25) is 10.2 Å². The molecular weight excluding hydrogens is 288 g/mol. The van der Waals surface area contributed by atoms with Crippen LogP contribution in [0.15, 0.2) is 29.1 Å². The number of aryl methyl sites for hydroxylation is 1.